The predicted octanol–water partition coefficient (Wildman–Crippen LogP) is 7.86. The summed E-state index contributed by atoms with van der Waals surface area (Å²) in [4.78, 5) is 0. The van der Waals surface area contributed by atoms with E-state index in [0.717, 1.165) is 24.7 Å². The normalized spacial score (nSPS) is 11.2. The fraction of sp³-hybridized carbons (Fsp3) is 0.0741. The lowest BCUT2D eigenvalue weighted by molar-refractivity contribution is 0.283. The molecular formula is C27H19BrINO2. The van der Waals surface area contributed by atoms with Crippen LogP contribution in [0.5, 0.6) is 11.5 Å². The Kier molecular flexibility index (Phi) is 7.13. The van der Waals surface area contributed by atoms with Crippen molar-refractivity contribution in [2.24, 2.45) is 0 Å². The Hall–Kier alpha value is -2.82. The van der Waals surface area contributed by atoms with Crippen molar-refractivity contribution in [1.29, 1.82) is 5.26 Å². The quantitative estimate of drug-likeness (QED) is 0.129. The molecule has 4 aromatic rings. The number of ether oxygens (including phenoxy) is 2. The number of nitrogens with zero attached hydrogens (tertiary/aromatic N) is 1. The van der Waals surface area contributed by atoms with Crippen molar-refractivity contribution in [2.75, 3.05) is 7.11 Å². The van der Waals surface area contributed by atoms with Crippen LogP contribution in [0, 0.1) is 14.9 Å². The van der Waals surface area contributed by atoms with Crippen LogP contribution < -0.4 is 9.47 Å². The highest BCUT2D eigenvalue weighted by Crippen LogP contribution is 2.36. The first kappa shape index (κ1) is 22.4. The molecule has 0 aliphatic heterocycles. The second kappa shape index (κ2) is 10.2. The maximum Gasteiger partial charge on any atom is 0.174 e. The summed E-state index contributed by atoms with van der Waals surface area (Å²) in [7, 11) is 1.63. The second-order valence-corrected chi connectivity index (χ2v) is 9.22. The van der Waals surface area contributed by atoms with Crippen molar-refractivity contribution in [3.8, 4) is 17.6 Å². The molecule has 5 heteroatoms. The molecule has 0 N–H and O–H groups in total. The number of methoxy groups -OCH3 is 1. The average Bonchev–Trinajstić information content (AvgIpc) is 2.82. The molecule has 0 heterocycles. The molecule has 0 radical (unpaired) electrons. The molecule has 0 atom stereocenters. The highest BCUT2D eigenvalue weighted by atomic mass is 127. The number of halogens is 2. The summed E-state index contributed by atoms with van der Waals surface area (Å²) < 4.78 is 13.7. The van der Waals surface area contributed by atoms with Crippen LogP contribution in [-0.4, -0.2) is 7.11 Å². The topological polar surface area (TPSA) is 42.2 Å². The lowest BCUT2D eigenvalue weighted by atomic mass is 10.0. The Morgan fingerprint density at radius 2 is 1.78 bits per heavy atom. The van der Waals surface area contributed by atoms with Gasteiger partial charge in [-0.05, 0) is 80.4 Å². The summed E-state index contributed by atoms with van der Waals surface area (Å²) in [6.45, 7) is 0.436. The van der Waals surface area contributed by atoms with E-state index in [-0.39, 0.29) is 0 Å². The van der Waals surface area contributed by atoms with E-state index in [1.165, 1.54) is 10.8 Å². The first-order valence-electron chi connectivity index (χ1n) is 9.94. The van der Waals surface area contributed by atoms with Gasteiger partial charge < -0.3 is 9.47 Å². The van der Waals surface area contributed by atoms with Gasteiger partial charge in [-0.25, -0.2) is 0 Å². The fourth-order valence-corrected chi connectivity index (χ4v) is 4.55. The molecular weight excluding hydrogens is 577 g/mol. The minimum Gasteiger partial charge on any atom is -0.493 e. The molecule has 0 saturated heterocycles. The van der Waals surface area contributed by atoms with E-state index >= 15 is 0 Å². The van der Waals surface area contributed by atoms with E-state index in [9.17, 15) is 5.26 Å². The summed E-state index contributed by atoms with van der Waals surface area (Å²) in [5.41, 5.74) is 3.44. The summed E-state index contributed by atoms with van der Waals surface area (Å²) >= 11 is 5.68. The zero-order valence-corrected chi connectivity index (χ0v) is 21.1. The van der Waals surface area contributed by atoms with Crippen LogP contribution in [0.1, 0.15) is 16.7 Å². The van der Waals surface area contributed by atoms with Gasteiger partial charge in [-0.3, -0.25) is 0 Å². The van der Waals surface area contributed by atoms with Gasteiger partial charge in [0.25, 0.3) is 0 Å². The second-order valence-electron chi connectivity index (χ2n) is 7.14. The van der Waals surface area contributed by atoms with Crippen LogP contribution in [0.4, 0.5) is 0 Å². The van der Waals surface area contributed by atoms with Gasteiger partial charge >= 0.3 is 0 Å². The van der Waals surface area contributed by atoms with Crippen LogP contribution in [0.3, 0.4) is 0 Å². The standard InChI is InChI=1S/C27H19BrINO2/c1-31-26-15-18(13-22(16-30)19-9-11-23(28)12-10-19)14-25(29)27(26)32-17-21-7-4-6-20-5-2-3-8-24(20)21/h2-15H,17H2,1H3/b22-13-. The van der Waals surface area contributed by atoms with E-state index in [1.807, 2.05) is 60.7 Å². The summed E-state index contributed by atoms with van der Waals surface area (Å²) in [5.74, 6) is 1.33. The van der Waals surface area contributed by atoms with Gasteiger partial charge in [0, 0.05) is 4.47 Å². The van der Waals surface area contributed by atoms with E-state index in [4.69, 9.17) is 9.47 Å². The molecule has 4 aromatic carbocycles. The smallest absolute Gasteiger partial charge is 0.174 e. The Morgan fingerprint density at radius 1 is 1.03 bits per heavy atom. The maximum atomic E-state index is 9.67. The minimum absolute atomic E-state index is 0.436. The third-order valence-electron chi connectivity index (χ3n) is 5.09. The molecule has 32 heavy (non-hydrogen) atoms. The highest BCUT2D eigenvalue weighted by Gasteiger charge is 2.13. The van der Waals surface area contributed by atoms with Crippen molar-refractivity contribution >= 4 is 60.9 Å². The molecule has 3 nitrogen and oxygen atoms in total. The zero-order valence-electron chi connectivity index (χ0n) is 17.3. The van der Waals surface area contributed by atoms with Gasteiger partial charge in [0.15, 0.2) is 11.5 Å². The Balaban J connectivity index is 1.63. The average molecular weight is 596 g/mol. The zero-order chi connectivity index (χ0) is 22.5. The van der Waals surface area contributed by atoms with Crippen molar-refractivity contribution in [3.63, 3.8) is 0 Å². The molecule has 0 bridgehead atoms. The van der Waals surface area contributed by atoms with Crippen LogP contribution in [0.15, 0.2) is 83.3 Å². The highest BCUT2D eigenvalue weighted by molar-refractivity contribution is 14.1. The number of rotatable bonds is 6. The van der Waals surface area contributed by atoms with Gasteiger partial charge in [0.1, 0.15) is 6.61 Å². The van der Waals surface area contributed by atoms with E-state index in [1.54, 1.807) is 7.11 Å². The van der Waals surface area contributed by atoms with Crippen molar-refractivity contribution in [2.45, 2.75) is 6.61 Å². The molecule has 0 aliphatic carbocycles. The molecule has 0 aromatic heterocycles. The molecule has 0 fully saturated rings. The number of hydrogen-bond donors (Lipinski definition) is 0. The summed E-state index contributed by atoms with van der Waals surface area (Å²) in [6, 6.07) is 28.4. The lowest BCUT2D eigenvalue weighted by Crippen LogP contribution is -2.01. The van der Waals surface area contributed by atoms with Crippen LogP contribution in [-0.2, 0) is 6.61 Å². The molecule has 0 aliphatic rings. The lowest BCUT2D eigenvalue weighted by Gasteiger charge is -2.15. The third kappa shape index (κ3) is 4.98. The number of fused-ring (bicyclic) bond motifs is 1. The number of hydrogen-bond acceptors (Lipinski definition) is 3. The van der Waals surface area contributed by atoms with Crippen LogP contribution in [0.25, 0.3) is 22.4 Å². The van der Waals surface area contributed by atoms with Gasteiger partial charge in [-0.2, -0.15) is 5.26 Å². The van der Waals surface area contributed by atoms with E-state index in [2.05, 4.69) is 68.9 Å². The van der Waals surface area contributed by atoms with Gasteiger partial charge in [-0.1, -0.05) is 70.5 Å². The minimum atomic E-state index is 0.436. The third-order valence-corrected chi connectivity index (χ3v) is 6.42. The van der Waals surface area contributed by atoms with Gasteiger partial charge in [-0.15, -0.1) is 0 Å². The van der Waals surface area contributed by atoms with Crippen molar-refractivity contribution in [3.05, 3.63) is 104 Å². The maximum absolute atomic E-state index is 9.67. The fourth-order valence-electron chi connectivity index (χ4n) is 3.51. The molecule has 0 unspecified atom stereocenters. The first-order chi connectivity index (χ1) is 15.6. The number of nitriles is 1. The Morgan fingerprint density at radius 3 is 2.53 bits per heavy atom. The summed E-state index contributed by atoms with van der Waals surface area (Å²) in [6.07, 6.45) is 1.86. The van der Waals surface area contributed by atoms with E-state index in [0.29, 0.717) is 23.7 Å². The van der Waals surface area contributed by atoms with Crippen molar-refractivity contribution < 1.29 is 9.47 Å². The molecule has 0 spiro atoms. The number of allylic oxidation sites excluding steroid dienone is 1. The SMILES string of the molecule is COc1cc(/C=C(/C#N)c2ccc(Br)cc2)cc(I)c1OCc1cccc2ccccc12. The van der Waals surface area contributed by atoms with Gasteiger partial charge in [0.05, 0.1) is 22.3 Å². The summed E-state index contributed by atoms with van der Waals surface area (Å²) in [5, 5.41) is 12.0. The molecule has 0 amide bonds. The first-order valence-corrected chi connectivity index (χ1v) is 11.8. The monoisotopic (exact) mass is 595 g/mol. The molecule has 0 saturated carbocycles. The van der Waals surface area contributed by atoms with E-state index < -0.39 is 0 Å². The molecule has 158 valence electrons. The number of benzene rings is 4. The molecule has 4 rings (SSSR count). The predicted molar refractivity (Wildman–Crippen MR) is 142 cm³/mol. The van der Waals surface area contributed by atoms with Crippen LogP contribution in [0.2, 0.25) is 0 Å². The largest absolute Gasteiger partial charge is 0.493 e. The Labute approximate surface area is 209 Å². The van der Waals surface area contributed by atoms with Gasteiger partial charge in [0.2, 0.25) is 0 Å². The van der Waals surface area contributed by atoms with Crippen molar-refractivity contribution in [1.82, 2.24) is 0 Å². The Bertz CT molecular complexity index is 1340. The van der Waals surface area contributed by atoms with Crippen LogP contribution >= 0.6 is 38.5 Å².